The highest BCUT2D eigenvalue weighted by Gasteiger charge is 2.19. The molecular weight excluding hydrogens is 416 g/mol. The lowest BCUT2D eigenvalue weighted by Gasteiger charge is -2.16. The molecule has 1 amide bonds. The number of pyridine rings is 1. The van der Waals surface area contributed by atoms with E-state index in [1.807, 2.05) is 37.3 Å². The Labute approximate surface area is 171 Å². The van der Waals surface area contributed by atoms with Crippen molar-refractivity contribution < 1.29 is 4.79 Å². The van der Waals surface area contributed by atoms with Gasteiger partial charge in [0.1, 0.15) is 11.5 Å². The van der Waals surface area contributed by atoms with Crippen molar-refractivity contribution in [2.45, 2.75) is 19.5 Å². The zero-order valence-electron chi connectivity index (χ0n) is 15.3. The Morgan fingerprint density at radius 2 is 1.82 bits per heavy atom. The van der Waals surface area contributed by atoms with E-state index in [9.17, 15) is 4.79 Å². The first-order chi connectivity index (χ1) is 13.6. The van der Waals surface area contributed by atoms with E-state index in [0.717, 1.165) is 26.9 Å². The van der Waals surface area contributed by atoms with Gasteiger partial charge in [0, 0.05) is 17.2 Å². The minimum absolute atomic E-state index is 0.213. The number of amides is 1. The maximum atomic E-state index is 12.5. The Morgan fingerprint density at radius 1 is 1.07 bits per heavy atom. The molecule has 140 valence electrons. The Balaban J connectivity index is 1.67. The predicted octanol–water partition coefficient (Wildman–Crippen LogP) is 4.73. The summed E-state index contributed by atoms with van der Waals surface area (Å²) in [6.45, 7) is 2.62. The molecule has 6 heteroatoms. The second-order valence-corrected chi connectivity index (χ2v) is 7.50. The molecule has 0 fully saturated rings. The lowest BCUT2D eigenvalue weighted by atomic mass is 10.2. The molecular formula is C22H19BrN4O. The average Bonchev–Trinajstić information content (AvgIpc) is 3.09. The summed E-state index contributed by atoms with van der Waals surface area (Å²) in [5.41, 5.74) is 3.51. The highest BCUT2D eigenvalue weighted by molar-refractivity contribution is 9.10. The van der Waals surface area contributed by atoms with Crippen LogP contribution >= 0.6 is 15.9 Å². The van der Waals surface area contributed by atoms with Crippen molar-refractivity contribution in [1.29, 1.82) is 0 Å². The molecule has 0 saturated carbocycles. The van der Waals surface area contributed by atoms with Gasteiger partial charge in [-0.2, -0.15) is 0 Å². The SMILES string of the molecule is CC(NC(=O)c1ccccn1)c1nc2ccccc2n1Cc1ccc(Br)cc1. The summed E-state index contributed by atoms with van der Waals surface area (Å²) in [5, 5.41) is 3.02. The molecule has 0 aliphatic carbocycles. The van der Waals surface area contributed by atoms with E-state index in [1.165, 1.54) is 0 Å². The number of benzene rings is 2. The molecule has 4 aromatic rings. The van der Waals surface area contributed by atoms with Crippen LogP contribution in [0.25, 0.3) is 11.0 Å². The topological polar surface area (TPSA) is 59.8 Å². The van der Waals surface area contributed by atoms with Crippen LogP contribution < -0.4 is 5.32 Å². The first kappa shape index (κ1) is 18.4. The van der Waals surface area contributed by atoms with Crippen LogP contribution in [0.1, 0.15) is 34.8 Å². The number of imidazole rings is 1. The van der Waals surface area contributed by atoms with Crippen LogP contribution in [0, 0.1) is 0 Å². The molecule has 2 heterocycles. The molecule has 2 aromatic carbocycles. The van der Waals surface area contributed by atoms with Gasteiger partial charge in [-0.25, -0.2) is 4.98 Å². The molecule has 0 aliphatic heterocycles. The van der Waals surface area contributed by atoms with E-state index in [2.05, 4.69) is 49.0 Å². The van der Waals surface area contributed by atoms with Crippen molar-refractivity contribution in [2.75, 3.05) is 0 Å². The number of carbonyl (C=O) groups excluding carboxylic acids is 1. The predicted molar refractivity (Wildman–Crippen MR) is 113 cm³/mol. The summed E-state index contributed by atoms with van der Waals surface area (Å²) in [6, 6.07) is 21.3. The number of nitrogens with zero attached hydrogens (tertiary/aromatic N) is 3. The lowest BCUT2D eigenvalue weighted by Crippen LogP contribution is -2.29. The molecule has 1 atom stereocenters. The highest BCUT2D eigenvalue weighted by Crippen LogP contribution is 2.23. The van der Waals surface area contributed by atoms with Gasteiger partial charge >= 0.3 is 0 Å². The fraction of sp³-hybridized carbons (Fsp3) is 0.136. The van der Waals surface area contributed by atoms with Crippen LogP contribution in [-0.2, 0) is 6.54 Å². The van der Waals surface area contributed by atoms with E-state index in [0.29, 0.717) is 12.2 Å². The number of rotatable bonds is 5. The van der Waals surface area contributed by atoms with Crippen LogP contribution in [0.3, 0.4) is 0 Å². The molecule has 0 radical (unpaired) electrons. The van der Waals surface area contributed by atoms with Gasteiger partial charge in [0.15, 0.2) is 0 Å². The van der Waals surface area contributed by atoms with Gasteiger partial charge in [-0.3, -0.25) is 9.78 Å². The third-order valence-corrected chi connectivity index (χ3v) is 5.10. The van der Waals surface area contributed by atoms with Crippen molar-refractivity contribution in [1.82, 2.24) is 19.9 Å². The minimum Gasteiger partial charge on any atom is -0.341 e. The summed E-state index contributed by atoms with van der Waals surface area (Å²) >= 11 is 3.48. The highest BCUT2D eigenvalue weighted by atomic mass is 79.9. The molecule has 5 nitrogen and oxygen atoms in total. The van der Waals surface area contributed by atoms with Gasteiger partial charge in [-0.05, 0) is 48.9 Å². The average molecular weight is 435 g/mol. The molecule has 28 heavy (non-hydrogen) atoms. The first-order valence-corrected chi connectivity index (χ1v) is 9.82. The van der Waals surface area contributed by atoms with Gasteiger partial charge in [0.2, 0.25) is 0 Å². The largest absolute Gasteiger partial charge is 0.341 e. The molecule has 1 unspecified atom stereocenters. The number of hydrogen-bond acceptors (Lipinski definition) is 3. The van der Waals surface area contributed by atoms with Crippen LogP contribution in [0.5, 0.6) is 0 Å². The summed E-state index contributed by atoms with van der Waals surface area (Å²) in [7, 11) is 0. The van der Waals surface area contributed by atoms with Gasteiger partial charge in [-0.1, -0.05) is 46.3 Å². The summed E-state index contributed by atoms with van der Waals surface area (Å²) in [5.74, 6) is 0.601. The van der Waals surface area contributed by atoms with Crippen LogP contribution in [0.15, 0.2) is 77.4 Å². The van der Waals surface area contributed by atoms with Crippen LogP contribution in [0.2, 0.25) is 0 Å². The van der Waals surface area contributed by atoms with E-state index >= 15 is 0 Å². The maximum absolute atomic E-state index is 12.5. The van der Waals surface area contributed by atoms with Crippen molar-refractivity contribution in [2.24, 2.45) is 0 Å². The summed E-state index contributed by atoms with van der Waals surface area (Å²) in [6.07, 6.45) is 1.61. The van der Waals surface area contributed by atoms with Gasteiger partial charge in [0.05, 0.1) is 17.1 Å². The number of aromatic nitrogens is 3. The number of carbonyl (C=O) groups is 1. The third-order valence-electron chi connectivity index (χ3n) is 4.57. The van der Waals surface area contributed by atoms with E-state index in [4.69, 9.17) is 4.98 Å². The molecule has 2 aromatic heterocycles. The van der Waals surface area contributed by atoms with Gasteiger partial charge in [-0.15, -0.1) is 0 Å². The summed E-state index contributed by atoms with van der Waals surface area (Å²) in [4.78, 5) is 21.4. The van der Waals surface area contributed by atoms with Crippen molar-refractivity contribution >= 4 is 32.9 Å². The number of nitrogens with one attached hydrogen (secondary N) is 1. The molecule has 0 bridgehead atoms. The van der Waals surface area contributed by atoms with Gasteiger partial charge < -0.3 is 9.88 Å². The second kappa shape index (κ2) is 7.94. The van der Waals surface area contributed by atoms with Crippen molar-refractivity contribution in [3.63, 3.8) is 0 Å². The fourth-order valence-electron chi connectivity index (χ4n) is 3.20. The summed E-state index contributed by atoms with van der Waals surface area (Å²) < 4.78 is 3.20. The minimum atomic E-state index is -0.266. The van der Waals surface area contributed by atoms with Crippen LogP contribution in [0.4, 0.5) is 0 Å². The number of para-hydroxylation sites is 2. The molecule has 4 rings (SSSR count). The monoisotopic (exact) mass is 434 g/mol. The smallest absolute Gasteiger partial charge is 0.270 e. The maximum Gasteiger partial charge on any atom is 0.270 e. The zero-order valence-corrected chi connectivity index (χ0v) is 16.9. The second-order valence-electron chi connectivity index (χ2n) is 6.58. The zero-order chi connectivity index (χ0) is 19.5. The molecule has 1 N–H and O–H groups in total. The number of hydrogen-bond donors (Lipinski definition) is 1. The standard InChI is InChI=1S/C22H19BrN4O/c1-15(25-22(28)19-7-4-5-13-24-19)21-26-18-6-2-3-8-20(18)27(21)14-16-9-11-17(23)12-10-16/h2-13,15H,14H2,1H3,(H,25,28). The van der Waals surface area contributed by atoms with Gasteiger partial charge in [0.25, 0.3) is 5.91 Å². The third kappa shape index (κ3) is 3.82. The number of halogens is 1. The fourth-order valence-corrected chi connectivity index (χ4v) is 3.46. The van der Waals surface area contributed by atoms with E-state index in [1.54, 1.807) is 24.4 Å². The molecule has 0 spiro atoms. The Morgan fingerprint density at radius 3 is 2.57 bits per heavy atom. The quantitative estimate of drug-likeness (QED) is 0.493. The van der Waals surface area contributed by atoms with Crippen molar-refractivity contribution in [3.8, 4) is 0 Å². The molecule has 0 saturated heterocycles. The van der Waals surface area contributed by atoms with Crippen molar-refractivity contribution in [3.05, 3.63) is 94.5 Å². The lowest BCUT2D eigenvalue weighted by molar-refractivity contribution is 0.0932. The normalized spacial score (nSPS) is 12.1. The Kier molecular flexibility index (Phi) is 5.21. The van der Waals surface area contributed by atoms with Crippen LogP contribution in [-0.4, -0.2) is 20.4 Å². The number of fused-ring (bicyclic) bond motifs is 1. The van der Waals surface area contributed by atoms with E-state index < -0.39 is 0 Å². The first-order valence-electron chi connectivity index (χ1n) is 9.03. The van der Waals surface area contributed by atoms with E-state index in [-0.39, 0.29) is 11.9 Å². The Bertz CT molecular complexity index is 1110. The Hall–Kier alpha value is -2.99. The molecule has 0 aliphatic rings.